The van der Waals surface area contributed by atoms with Crippen LogP contribution in [0, 0.1) is 10.2 Å². The van der Waals surface area contributed by atoms with Gasteiger partial charge in [-0.15, -0.1) is 0 Å². The van der Waals surface area contributed by atoms with Gasteiger partial charge in [0.25, 0.3) is 0 Å². The molecule has 21 heavy (non-hydrogen) atoms. The van der Waals surface area contributed by atoms with Crippen molar-refractivity contribution in [3.8, 4) is 5.75 Å². The molecule has 4 nitrogen and oxygen atoms in total. The molecule has 5 heteroatoms. The van der Waals surface area contributed by atoms with E-state index in [1.54, 1.807) is 7.11 Å². The van der Waals surface area contributed by atoms with Gasteiger partial charge >= 0.3 is 0 Å². The summed E-state index contributed by atoms with van der Waals surface area (Å²) in [5.74, 6) is 0.858. The van der Waals surface area contributed by atoms with Crippen LogP contribution in [0.5, 0.6) is 5.75 Å². The van der Waals surface area contributed by atoms with Crippen LogP contribution in [-0.4, -0.2) is 41.7 Å². The Bertz CT molecular complexity index is 695. The summed E-state index contributed by atoms with van der Waals surface area (Å²) in [5.41, 5.74) is 2.54. The predicted octanol–water partition coefficient (Wildman–Crippen LogP) is 3.44. The second-order valence-electron chi connectivity index (χ2n) is 6.51. The second-order valence-corrected chi connectivity index (χ2v) is 6.90. The topological polar surface area (TPSA) is 33.2 Å². The van der Waals surface area contributed by atoms with E-state index >= 15 is 0 Å². The third-order valence-corrected chi connectivity index (χ3v) is 5.04. The van der Waals surface area contributed by atoms with Gasteiger partial charge < -0.3 is 19.2 Å². The lowest BCUT2D eigenvalue weighted by Crippen LogP contribution is -2.38. The van der Waals surface area contributed by atoms with Crippen LogP contribution >= 0.6 is 12.2 Å². The van der Waals surface area contributed by atoms with Crippen LogP contribution in [0.1, 0.15) is 19.8 Å². The predicted molar refractivity (Wildman–Crippen MR) is 88.5 cm³/mol. The molecule has 0 aliphatic carbocycles. The van der Waals surface area contributed by atoms with E-state index in [-0.39, 0.29) is 0 Å². The first kappa shape index (κ1) is 14.6. The van der Waals surface area contributed by atoms with Crippen LogP contribution in [0.2, 0.25) is 0 Å². The zero-order chi connectivity index (χ0) is 15.0. The lowest BCUT2D eigenvalue weighted by atomic mass is 9.80. The number of hydrogen-bond donors (Lipinski definition) is 1. The van der Waals surface area contributed by atoms with Gasteiger partial charge in [-0.05, 0) is 62.7 Å². The van der Waals surface area contributed by atoms with Crippen molar-refractivity contribution in [2.24, 2.45) is 5.41 Å². The van der Waals surface area contributed by atoms with Crippen molar-refractivity contribution < 1.29 is 4.74 Å². The molecule has 2 heterocycles. The zero-order valence-corrected chi connectivity index (χ0v) is 13.8. The lowest BCUT2D eigenvalue weighted by Gasteiger charge is -2.38. The highest BCUT2D eigenvalue weighted by Gasteiger charge is 2.30. The van der Waals surface area contributed by atoms with Gasteiger partial charge in [-0.25, -0.2) is 0 Å². The minimum absolute atomic E-state index is 0.319. The number of fused-ring (bicyclic) bond motifs is 1. The van der Waals surface area contributed by atoms with Crippen LogP contribution < -0.4 is 4.74 Å². The Balaban J connectivity index is 1.93. The quantitative estimate of drug-likeness (QED) is 0.882. The maximum absolute atomic E-state index is 5.53. The van der Waals surface area contributed by atoms with Crippen molar-refractivity contribution >= 4 is 23.3 Å². The Morgan fingerprint density at radius 3 is 2.71 bits per heavy atom. The fraction of sp³-hybridized carbons (Fsp3) is 0.562. The molecule has 1 N–H and O–H groups in total. The monoisotopic (exact) mass is 305 g/mol. The Kier molecular flexibility index (Phi) is 3.80. The molecule has 0 bridgehead atoms. The van der Waals surface area contributed by atoms with Gasteiger partial charge in [0.1, 0.15) is 5.75 Å². The third-order valence-electron chi connectivity index (χ3n) is 4.72. The molecule has 1 saturated heterocycles. The summed E-state index contributed by atoms with van der Waals surface area (Å²) in [6.45, 7) is 5.69. The molecule has 0 radical (unpaired) electrons. The molecule has 1 aromatic heterocycles. The van der Waals surface area contributed by atoms with E-state index in [1.807, 2.05) is 12.1 Å². The number of aromatic amines is 1. The van der Waals surface area contributed by atoms with Crippen molar-refractivity contribution in [1.29, 1.82) is 0 Å². The Morgan fingerprint density at radius 2 is 2.05 bits per heavy atom. The largest absolute Gasteiger partial charge is 0.497 e. The van der Waals surface area contributed by atoms with Crippen LogP contribution in [0.15, 0.2) is 18.2 Å². The smallest absolute Gasteiger partial charge is 0.178 e. The van der Waals surface area contributed by atoms with Gasteiger partial charge in [0, 0.05) is 12.6 Å². The first-order valence-electron chi connectivity index (χ1n) is 7.46. The maximum Gasteiger partial charge on any atom is 0.178 e. The van der Waals surface area contributed by atoms with Crippen molar-refractivity contribution in [1.82, 2.24) is 14.5 Å². The molecule has 3 rings (SSSR count). The van der Waals surface area contributed by atoms with Crippen LogP contribution in [0.25, 0.3) is 11.0 Å². The normalized spacial score (nSPS) is 19.0. The lowest BCUT2D eigenvalue weighted by molar-refractivity contribution is 0.121. The zero-order valence-electron chi connectivity index (χ0n) is 13.0. The highest BCUT2D eigenvalue weighted by atomic mass is 32.1. The minimum atomic E-state index is 0.319. The summed E-state index contributed by atoms with van der Waals surface area (Å²) in [7, 11) is 3.88. The van der Waals surface area contributed by atoms with Gasteiger partial charge in [0.05, 0.1) is 18.1 Å². The molecule has 0 amide bonds. The van der Waals surface area contributed by atoms with Gasteiger partial charge in [-0.1, -0.05) is 6.92 Å². The van der Waals surface area contributed by atoms with Gasteiger partial charge in [0.15, 0.2) is 4.77 Å². The van der Waals surface area contributed by atoms with E-state index in [4.69, 9.17) is 17.0 Å². The number of likely N-dealkylation sites (tertiary alicyclic amines) is 1. The van der Waals surface area contributed by atoms with Crippen molar-refractivity contribution in [2.75, 3.05) is 27.2 Å². The van der Waals surface area contributed by atoms with Gasteiger partial charge in [0.2, 0.25) is 0 Å². The average molecular weight is 305 g/mol. The standard InChI is InChI=1S/C16H23N3OS/c1-16(6-8-18(2)9-7-16)11-19-14-5-4-12(20-3)10-13(14)17-15(19)21/h4-5,10H,6-9,11H2,1-3H3,(H,17,21). The van der Waals surface area contributed by atoms with E-state index in [0.29, 0.717) is 5.41 Å². The third kappa shape index (κ3) is 2.85. The number of benzene rings is 1. The van der Waals surface area contributed by atoms with Crippen LogP contribution in [0.4, 0.5) is 0 Å². The Labute approximate surface area is 130 Å². The number of nitrogens with one attached hydrogen (secondary N) is 1. The SMILES string of the molecule is COc1ccc2c(c1)[nH]c(=S)n2CC1(C)CCN(C)CC1. The van der Waals surface area contributed by atoms with E-state index in [0.717, 1.165) is 22.6 Å². The highest BCUT2D eigenvalue weighted by Crippen LogP contribution is 2.33. The van der Waals surface area contributed by atoms with E-state index in [1.165, 1.54) is 31.4 Å². The summed E-state index contributed by atoms with van der Waals surface area (Å²) in [4.78, 5) is 5.71. The summed E-state index contributed by atoms with van der Waals surface area (Å²) in [5, 5.41) is 0. The number of nitrogens with zero attached hydrogens (tertiary/aromatic N) is 2. The van der Waals surface area contributed by atoms with Gasteiger partial charge in [-0.2, -0.15) is 0 Å². The maximum atomic E-state index is 5.53. The second kappa shape index (κ2) is 5.46. The molecular weight excluding hydrogens is 282 g/mol. The first-order valence-corrected chi connectivity index (χ1v) is 7.87. The molecule has 0 atom stereocenters. The number of hydrogen-bond acceptors (Lipinski definition) is 3. The van der Waals surface area contributed by atoms with Crippen molar-refractivity contribution in [3.63, 3.8) is 0 Å². The summed E-state index contributed by atoms with van der Waals surface area (Å²) in [6, 6.07) is 6.11. The number of rotatable bonds is 3. The average Bonchev–Trinajstić information content (AvgIpc) is 2.77. The van der Waals surface area contributed by atoms with Crippen LogP contribution in [-0.2, 0) is 6.54 Å². The molecular formula is C16H23N3OS. The number of methoxy groups -OCH3 is 1. The van der Waals surface area contributed by atoms with Crippen molar-refractivity contribution in [3.05, 3.63) is 23.0 Å². The first-order chi connectivity index (χ1) is 10.0. The molecule has 1 fully saturated rings. The molecule has 1 aliphatic rings. The molecule has 2 aromatic rings. The molecule has 1 aliphatic heterocycles. The molecule has 0 unspecified atom stereocenters. The summed E-state index contributed by atoms with van der Waals surface area (Å²) >= 11 is 5.53. The number of piperidine rings is 1. The Morgan fingerprint density at radius 1 is 1.33 bits per heavy atom. The van der Waals surface area contributed by atoms with Crippen LogP contribution in [0.3, 0.4) is 0 Å². The molecule has 114 valence electrons. The summed E-state index contributed by atoms with van der Waals surface area (Å²) in [6.07, 6.45) is 2.43. The van der Waals surface area contributed by atoms with Crippen molar-refractivity contribution in [2.45, 2.75) is 26.3 Å². The molecule has 0 saturated carbocycles. The molecule has 1 aromatic carbocycles. The summed E-state index contributed by atoms with van der Waals surface area (Å²) < 4.78 is 8.33. The number of H-pyrrole nitrogens is 1. The highest BCUT2D eigenvalue weighted by molar-refractivity contribution is 7.71. The number of ether oxygens (including phenoxy) is 1. The molecule has 0 spiro atoms. The van der Waals surface area contributed by atoms with E-state index in [2.05, 4.69) is 34.5 Å². The minimum Gasteiger partial charge on any atom is -0.497 e. The number of aromatic nitrogens is 2. The van der Waals surface area contributed by atoms with Gasteiger partial charge in [-0.3, -0.25) is 0 Å². The Hall–Kier alpha value is -1.33. The fourth-order valence-corrected chi connectivity index (χ4v) is 3.40. The fourth-order valence-electron chi connectivity index (χ4n) is 3.12. The number of imidazole rings is 1. The van der Waals surface area contributed by atoms with E-state index in [9.17, 15) is 0 Å². The van der Waals surface area contributed by atoms with E-state index < -0.39 is 0 Å².